The summed E-state index contributed by atoms with van der Waals surface area (Å²) in [5.41, 5.74) is 1.58. The highest BCUT2D eigenvalue weighted by Crippen LogP contribution is 2.30. The van der Waals surface area contributed by atoms with E-state index in [2.05, 4.69) is 30.9 Å². The molecule has 0 aliphatic rings. The molecule has 8 heteroatoms. The number of aromatic nitrogens is 3. The number of imidazole rings is 1. The second kappa shape index (κ2) is 5.92. The van der Waals surface area contributed by atoms with E-state index in [1.807, 2.05) is 6.07 Å². The van der Waals surface area contributed by atoms with Crippen LogP contribution in [-0.4, -0.2) is 15.0 Å². The summed E-state index contributed by atoms with van der Waals surface area (Å²) in [4.78, 5) is 11.6. The van der Waals surface area contributed by atoms with Gasteiger partial charge < -0.3 is 4.98 Å². The van der Waals surface area contributed by atoms with Crippen LogP contribution in [-0.2, 0) is 11.9 Å². The number of nitrogens with one attached hydrogen (secondary N) is 1. The molecule has 0 spiro atoms. The number of fused-ring (bicyclic) bond motifs is 1. The second-order valence-corrected chi connectivity index (χ2v) is 6.43. The van der Waals surface area contributed by atoms with Crippen LogP contribution >= 0.6 is 27.7 Å². The van der Waals surface area contributed by atoms with E-state index in [4.69, 9.17) is 0 Å². The Morgan fingerprint density at radius 3 is 2.59 bits per heavy atom. The van der Waals surface area contributed by atoms with Gasteiger partial charge in [0.1, 0.15) is 0 Å². The zero-order chi connectivity index (χ0) is 15.7. The average molecular weight is 388 g/mol. The second-order valence-electron chi connectivity index (χ2n) is 4.55. The Kier molecular flexibility index (Phi) is 4.14. The number of thioether (sulfide) groups is 1. The van der Waals surface area contributed by atoms with Crippen molar-refractivity contribution < 1.29 is 13.2 Å². The van der Waals surface area contributed by atoms with Crippen LogP contribution in [0.4, 0.5) is 13.2 Å². The molecule has 2 heterocycles. The minimum absolute atomic E-state index is 0.527. The van der Waals surface area contributed by atoms with E-state index >= 15 is 0 Å². The highest BCUT2D eigenvalue weighted by atomic mass is 79.9. The molecule has 3 rings (SSSR count). The zero-order valence-electron chi connectivity index (χ0n) is 11.0. The van der Waals surface area contributed by atoms with Gasteiger partial charge in [-0.25, -0.2) is 9.97 Å². The summed E-state index contributed by atoms with van der Waals surface area (Å²) in [5, 5.41) is 0.681. The van der Waals surface area contributed by atoms with Gasteiger partial charge in [0.05, 0.1) is 11.1 Å². The molecule has 0 saturated carbocycles. The van der Waals surface area contributed by atoms with Gasteiger partial charge in [0.25, 0.3) is 0 Å². The van der Waals surface area contributed by atoms with Gasteiger partial charge in [-0.3, -0.25) is 0 Å². The number of alkyl halides is 3. The third-order valence-corrected chi connectivity index (χ3v) is 4.32. The van der Waals surface area contributed by atoms with Gasteiger partial charge in [0.15, 0.2) is 10.8 Å². The standard InChI is InChI=1S/C14H9BrF3N3S/c15-10-5-11-12(19-6-10)21-13(20-11)22-7-8-1-3-9(4-2-8)14(16,17)18/h1-6H,7H2,(H,19,20,21). The van der Waals surface area contributed by atoms with Gasteiger partial charge in [-0.1, -0.05) is 23.9 Å². The third-order valence-electron chi connectivity index (χ3n) is 2.94. The number of H-pyrrole nitrogens is 1. The van der Waals surface area contributed by atoms with Gasteiger partial charge in [-0.05, 0) is 39.7 Å². The molecular weight excluding hydrogens is 379 g/mol. The molecule has 1 N–H and O–H groups in total. The van der Waals surface area contributed by atoms with Crippen molar-refractivity contribution in [3.63, 3.8) is 0 Å². The van der Waals surface area contributed by atoms with Crippen molar-refractivity contribution in [2.75, 3.05) is 0 Å². The number of rotatable bonds is 3. The quantitative estimate of drug-likeness (QED) is 0.640. The van der Waals surface area contributed by atoms with E-state index in [1.165, 1.54) is 23.9 Å². The summed E-state index contributed by atoms with van der Waals surface area (Å²) in [6.45, 7) is 0. The molecule has 0 saturated heterocycles. The molecule has 3 aromatic rings. The fraction of sp³-hybridized carbons (Fsp3) is 0.143. The number of aromatic amines is 1. The van der Waals surface area contributed by atoms with Gasteiger partial charge in [-0.15, -0.1) is 0 Å². The minimum Gasteiger partial charge on any atom is -0.331 e. The van der Waals surface area contributed by atoms with Crippen LogP contribution in [0.15, 0.2) is 46.2 Å². The Labute approximate surface area is 136 Å². The minimum atomic E-state index is -4.30. The van der Waals surface area contributed by atoms with Crippen molar-refractivity contribution in [3.05, 3.63) is 52.1 Å². The molecule has 1 aromatic carbocycles. The van der Waals surface area contributed by atoms with Crippen molar-refractivity contribution in [2.45, 2.75) is 17.1 Å². The SMILES string of the molecule is FC(F)(F)c1ccc(CSc2nc3ncc(Br)cc3[nH]2)cc1. The average Bonchev–Trinajstić information content (AvgIpc) is 2.86. The summed E-state index contributed by atoms with van der Waals surface area (Å²) in [7, 11) is 0. The molecule has 2 aromatic heterocycles. The maximum absolute atomic E-state index is 12.5. The Morgan fingerprint density at radius 2 is 1.91 bits per heavy atom. The summed E-state index contributed by atoms with van der Waals surface area (Å²) in [6, 6.07) is 7.01. The van der Waals surface area contributed by atoms with Crippen LogP contribution in [0.25, 0.3) is 11.2 Å². The van der Waals surface area contributed by atoms with E-state index in [0.717, 1.165) is 27.7 Å². The van der Waals surface area contributed by atoms with Crippen molar-refractivity contribution >= 4 is 38.9 Å². The molecule has 3 nitrogen and oxygen atoms in total. The Morgan fingerprint density at radius 1 is 1.18 bits per heavy atom. The van der Waals surface area contributed by atoms with Crippen molar-refractivity contribution in [3.8, 4) is 0 Å². The first-order valence-corrected chi connectivity index (χ1v) is 8.00. The monoisotopic (exact) mass is 387 g/mol. The molecular formula is C14H9BrF3N3S. The fourth-order valence-corrected chi connectivity index (χ4v) is 3.02. The van der Waals surface area contributed by atoms with E-state index < -0.39 is 11.7 Å². The fourth-order valence-electron chi connectivity index (χ4n) is 1.86. The lowest BCUT2D eigenvalue weighted by atomic mass is 10.1. The largest absolute Gasteiger partial charge is 0.416 e. The molecule has 0 aliphatic heterocycles. The third kappa shape index (κ3) is 3.44. The lowest BCUT2D eigenvalue weighted by Crippen LogP contribution is -2.04. The van der Waals surface area contributed by atoms with E-state index in [0.29, 0.717) is 16.6 Å². The first-order chi connectivity index (χ1) is 10.4. The maximum Gasteiger partial charge on any atom is 0.416 e. The summed E-state index contributed by atoms with van der Waals surface area (Å²) >= 11 is 4.75. The zero-order valence-corrected chi connectivity index (χ0v) is 13.4. The molecule has 114 valence electrons. The van der Waals surface area contributed by atoms with Gasteiger partial charge >= 0.3 is 6.18 Å². The summed E-state index contributed by atoms with van der Waals surface area (Å²) in [5.74, 6) is 0.527. The van der Waals surface area contributed by atoms with Crippen LogP contribution in [0.2, 0.25) is 0 Å². The van der Waals surface area contributed by atoms with Gasteiger partial charge in [-0.2, -0.15) is 13.2 Å². The van der Waals surface area contributed by atoms with E-state index in [-0.39, 0.29) is 0 Å². The van der Waals surface area contributed by atoms with Crippen LogP contribution in [0, 0.1) is 0 Å². The molecule has 0 bridgehead atoms. The van der Waals surface area contributed by atoms with Crippen LogP contribution < -0.4 is 0 Å². The van der Waals surface area contributed by atoms with Gasteiger partial charge in [0, 0.05) is 16.4 Å². The number of nitrogens with zero attached hydrogens (tertiary/aromatic N) is 2. The van der Waals surface area contributed by atoms with Crippen LogP contribution in [0.5, 0.6) is 0 Å². The first-order valence-electron chi connectivity index (χ1n) is 6.22. The molecule has 22 heavy (non-hydrogen) atoms. The predicted octanol–water partition coefficient (Wildman–Crippen LogP) is 5.03. The molecule has 0 aliphatic carbocycles. The molecule has 0 unspecified atom stereocenters. The van der Waals surface area contributed by atoms with Crippen LogP contribution in [0.3, 0.4) is 0 Å². The molecule has 0 amide bonds. The smallest absolute Gasteiger partial charge is 0.331 e. The Bertz CT molecular complexity index is 799. The van der Waals surface area contributed by atoms with E-state index in [1.54, 1.807) is 6.20 Å². The highest BCUT2D eigenvalue weighted by molar-refractivity contribution is 9.10. The number of hydrogen-bond donors (Lipinski definition) is 1. The predicted molar refractivity (Wildman–Crippen MR) is 82.6 cm³/mol. The lowest BCUT2D eigenvalue weighted by molar-refractivity contribution is -0.137. The summed E-state index contributed by atoms with van der Waals surface area (Å²) < 4.78 is 38.3. The molecule has 0 radical (unpaired) electrons. The van der Waals surface area contributed by atoms with Crippen molar-refractivity contribution in [1.82, 2.24) is 15.0 Å². The number of halogens is 4. The topological polar surface area (TPSA) is 41.6 Å². The maximum atomic E-state index is 12.5. The Balaban J connectivity index is 1.71. The van der Waals surface area contributed by atoms with Crippen LogP contribution in [0.1, 0.15) is 11.1 Å². The van der Waals surface area contributed by atoms with Gasteiger partial charge in [0.2, 0.25) is 0 Å². The van der Waals surface area contributed by atoms with Crippen molar-refractivity contribution in [2.24, 2.45) is 0 Å². The lowest BCUT2D eigenvalue weighted by Gasteiger charge is -2.07. The number of hydrogen-bond acceptors (Lipinski definition) is 3. The molecule has 0 atom stereocenters. The highest BCUT2D eigenvalue weighted by Gasteiger charge is 2.29. The first kappa shape index (κ1) is 15.4. The van der Waals surface area contributed by atoms with E-state index in [9.17, 15) is 13.2 Å². The molecule has 0 fully saturated rings. The normalized spacial score (nSPS) is 12.0. The Hall–Kier alpha value is -1.54. The van der Waals surface area contributed by atoms with Crippen molar-refractivity contribution in [1.29, 1.82) is 0 Å². The number of pyridine rings is 1. The number of benzene rings is 1. The summed E-state index contributed by atoms with van der Waals surface area (Å²) in [6.07, 6.45) is -2.64.